The van der Waals surface area contributed by atoms with E-state index in [0.29, 0.717) is 44.8 Å². The Morgan fingerprint density at radius 2 is 0.865 bits per heavy atom. The SMILES string of the molecule is Clc1ccc(-c2nc(-c3ccccc3)c(-c3ccccc3)n2C2(c3ccc(Cl)c(Cl)c3Cl)N=C(c3ccccc3)C(c3ccccc3)=N2)c(Cl)c1Cl. The highest BCUT2D eigenvalue weighted by Crippen LogP contribution is 2.51. The summed E-state index contributed by atoms with van der Waals surface area (Å²) >= 11 is 41.0. The Bertz CT molecular complexity index is 2460. The van der Waals surface area contributed by atoms with Gasteiger partial charge >= 0.3 is 0 Å². The number of nitrogens with zero attached hydrogens (tertiary/aromatic N) is 4. The van der Waals surface area contributed by atoms with Gasteiger partial charge in [-0.1, -0.05) is 191 Å². The maximum atomic E-state index is 7.25. The predicted molar refractivity (Wildman–Crippen MR) is 218 cm³/mol. The van der Waals surface area contributed by atoms with Crippen LogP contribution in [0, 0.1) is 0 Å². The van der Waals surface area contributed by atoms with Crippen LogP contribution in [0.1, 0.15) is 16.7 Å². The molecule has 0 saturated carbocycles. The molecule has 2 heterocycles. The van der Waals surface area contributed by atoms with E-state index in [1.54, 1.807) is 24.3 Å². The number of halogens is 6. The Morgan fingerprint density at radius 3 is 1.38 bits per heavy atom. The molecule has 0 aliphatic carbocycles. The fraction of sp³-hybridized carbons (Fsp3) is 0.0238. The number of imidazole rings is 1. The van der Waals surface area contributed by atoms with Gasteiger partial charge in [-0.05, 0) is 24.3 Å². The van der Waals surface area contributed by atoms with Crippen LogP contribution >= 0.6 is 69.6 Å². The molecule has 254 valence electrons. The monoisotopic (exact) mass is 794 g/mol. The third-order valence-corrected chi connectivity index (χ3v) is 11.4. The van der Waals surface area contributed by atoms with E-state index in [1.807, 2.05) is 126 Å². The van der Waals surface area contributed by atoms with E-state index in [-0.39, 0.29) is 25.1 Å². The van der Waals surface area contributed by atoms with Crippen LogP contribution in [-0.4, -0.2) is 21.0 Å². The molecule has 0 unspecified atom stereocenters. The lowest BCUT2D eigenvalue weighted by molar-refractivity contribution is 0.409. The van der Waals surface area contributed by atoms with Crippen LogP contribution in [0.5, 0.6) is 0 Å². The normalized spacial score (nSPS) is 13.6. The van der Waals surface area contributed by atoms with Crippen molar-refractivity contribution in [3.05, 3.63) is 192 Å². The van der Waals surface area contributed by atoms with E-state index < -0.39 is 5.79 Å². The van der Waals surface area contributed by atoms with E-state index in [4.69, 9.17) is 84.6 Å². The first-order valence-electron chi connectivity index (χ1n) is 16.1. The zero-order valence-electron chi connectivity index (χ0n) is 26.9. The van der Waals surface area contributed by atoms with Crippen LogP contribution in [0.2, 0.25) is 30.1 Å². The van der Waals surface area contributed by atoms with E-state index >= 15 is 0 Å². The molecule has 1 aliphatic heterocycles. The molecule has 0 radical (unpaired) electrons. The van der Waals surface area contributed by atoms with Crippen molar-refractivity contribution < 1.29 is 0 Å². The molecule has 1 aliphatic rings. The number of hydrogen-bond donors (Lipinski definition) is 0. The van der Waals surface area contributed by atoms with Crippen molar-refractivity contribution in [2.75, 3.05) is 0 Å². The van der Waals surface area contributed by atoms with E-state index in [9.17, 15) is 0 Å². The minimum absolute atomic E-state index is 0.166. The molecule has 0 spiro atoms. The van der Waals surface area contributed by atoms with Gasteiger partial charge in [-0.15, -0.1) is 0 Å². The molecule has 0 N–H and O–H groups in total. The lowest BCUT2D eigenvalue weighted by Gasteiger charge is -2.31. The third-order valence-electron chi connectivity index (χ3n) is 8.81. The lowest BCUT2D eigenvalue weighted by atomic mass is 10.0. The molecule has 10 heteroatoms. The molecule has 6 aromatic carbocycles. The van der Waals surface area contributed by atoms with Gasteiger partial charge in [0.05, 0.1) is 52.9 Å². The van der Waals surface area contributed by atoms with E-state index in [0.717, 1.165) is 22.3 Å². The summed E-state index contributed by atoms with van der Waals surface area (Å²) in [7, 11) is 0. The number of aromatic nitrogens is 2. The first-order chi connectivity index (χ1) is 25.3. The summed E-state index contributed by atoms with van der Waals surface area (Å²) in [6.45, 7) is 0. The quantitative estimate of drug-likeness (QED) is 0.148. The van der Waals surface area contributed by atoms with Gasteiger partial charge in [0.15, 0.2) is 0 Å². The summed E-state index contributed by atoms with van der Waals surface area (Å²) in [4.78, 5) is 16.6. The zero-order chi connectivity index (χ0) is 36.0. The Morgan fingerprint density at radius 1 is 0.423 bits per heavy atom. The van der Waals surface area contributed by atoms with Gasteiger partial charge in [0.1, 0.15) is 5.82 Å². The fourth-order valence-electron chi connectivity index (χ4n) is 6.43. The van der Waals surface area contributed by atoms with Crippen molar-refractivity contribution in [1.82, 2.24) is 9.55 Å². The Balaban J connectivity index is 1.61. The Hall–Kier alpha value is -4.39. The number of rotatable bonds is 7. The summed E-state index contributed by atoms with van der Waals surface area (Å²) in [6, 6.07) is 46.6. The average Bonchev–Trinajstić information content (AvgIpc) is 3.79. The Labute approximate surface area is 330 Å². The molecule has 1 aromatic heterocycles. The zero-order valence-corrected chi connectivity index (χ0v) is 31.4. The van der Waals surface area contributed by atoms with Crippen LogP contribution in [-0.2, 0) is 5.79 Å². The average molecular weight is 797 g/mol. The van der Waals surface area contributed by atoms with Crippen molar-refractivity contribution in [3.8, 4) is 33.9 Å². The van der Waals surface area contributed by atoms with Crippen LogP contribution in [0.25, 0.3) is 33.9 Å². The minimum Gasteiger partial charge on any atom is -0.275 e. The fourth-order valence-corrected chi connectivity index (χ4v) is 7.71. The van der Waals surface area contributed by atoms with Crippen molar-refractivity contribution in [2.45, 2.75) is 5.79 Å². The van der Waals surface area contributed by atoms with Gasteiger partial charge < -0.3 is 0 Å². The van der Waals surface area contributed by atoms with Gasteiger partial charge in [-0.25, -0.2) is 15.0 Å². The molecule has 0 saturated heterocycles. The Kier molecular flexibility index (Phi) is 9.48. The van der Waals surface area contributed by atoms with E-state index in [1.165, 1.54) is 0 Å². The third kappa shape index (κ3) is 5.94. The molecule has 4 nitrogen and oxygen atoms in total. The van der Waals surface area contributed by atoms with Crippen molar-refractivity contribution >= 4 is 81.0 Å². The standard InChI is InChI=1S/C42H24Cl6N4/c43-31-23-21-29(33(45)35(31)47)41-49-39(27-17-9-3-10-18-27)40(28-19-11-4-12-20-28)52(41)42(30-22-24-32(44)36(48)34(30)46)50-37(25-13-5-1-6-14-25)38(51-42)26-15-7-2-8-16-26/h1-24H. The molecule has 52 heavy (non-hydrogen) atoms. The minimum atomic E-state index is -1.66. The second kappa shape index (κ2) is 14.2. The van der Waals surface area contributed by atoms with Gasteiger partial charge in [-0.3, -0.25) is 4.57 Å². The molecular weight excluding hydrogens is 773 g/mol. The summed E-state index contributed by atoms with van der Waals surface area (Å²) in [5, 5.41) is 1.34. The summed E-state index contributed by atoms with van der Waals surface area (Å²) in [5.41, 5.74) is 6.98. The second-order valence-electron chi connectivity index (χ2n) is 11.9. The highest BCUT2D eigenvalue weighted by molar-refractivity contribution is 6.55. The van der Waals surface area contributed by atoms with Gasteiger partial charge in [0, 0.05) is 33.4 Å². The van der Waals surface area contributed by atoms with Crippen molar-refractivity contribution in [1.29, 1.82) is 0 Å². The van der Waals surface area contributed by atoms with Gasteiger partial charge in [-0.2, -0.15) is 0 Å². The molecule has 7 aromatic rings. The molecular formula is C42H24Cl6N4. The van der Waals surface area contributed by atoms with Crippen LogP contribution in [0.15, 0.2) is 156 Å². The lowest BCUT2D eigenvalue weighted by Crippen LogP contribution is -2.32. The molecule has 0 atom stereocenters. The van der Waals surface area contributed by atoms with Crippen molar-refractivity contribution in [2.24, 2.45) is 9.98 Å². The summed E-state index contributed by atoms with van der Waals surface area (Å²) in [6.07, 6.45) is 0. The highest BCUT2D eigenvalue weighted by Gasteiger charge is 2.47. The number of hydrogen-bond acceptors (Lipinski definition) is 3. The number of benzene rings is 6. The molecule has 0 amide bonds. The van der Waals surface area contributed by atoms with E-state index in [2.05, 4.69) is 0 Å². The number of aliphatic imine (C=N–C) groups is 2. The highest BCUT2D eigenvalue weighted by atomic mass is 35.5. The van der Waals surface area contributed by atoms with Crippen LogP contribution in [0.4, 0.5) is 0 Å². The summed E-state index contributed by atoms with van der Waals surface area (Å²) < 4.78 is 1.97. The largest absolute Gasteiger partial charge is 0.275 e. The van der Waals surface area contributed by atoms with Gasteiger partial charge in [0.2, 0.25) is 0 Å². The first kappa shape index (κ1) is 34.7. The smallest absolute Gasteiger partial charge is 0.263 e. The molecule has 8 rings (SSSR count). The molecule has 0 bridgehead atoms. The predicted octanol–water partition coefficient (Wildman–Crippen LogP) is 13.5. The second-order valence-corrected chi connectivity index (χ2v) is 14.3. The maximum Gasteiger partial charge on any atom is 0.263 e. The topological polar surface area (TPSA) is 42.5 Å². The van der Waals surface area contributed by atoms with Crippen LogP contribution in [0.3, 0.4) is 0 Å². The van der Waals surface area contributed by atoms with Gasteiger partial charge in [0.25, 0.3) is 5.79 Å². The van der Waals surface area contributed by atoms with Crippen molar-refractivity contribution in [3.63, 3.8) is 0 Å². The first-order valence-corrected chi connectivity index (χ1v) is 18.4. The maximum absolute atomic E-state index is 7.25. The summed E-state index contributed by atoms with van der Waals surface area (Å²) in [5.74, 6) is -1.24. The van der Waals surface area contributed by atoms with Crippen LogP contribution < -0.4 is 0 Å². The molecule has 0 fully saturated rings.